The molecule has 1 aromatic heterocycles. The standard InChI is InChI=1S/C14H15Cl2NS/c1-2-3-9-4-6-10(7-5-9)13(17)11-8-12(15)18-14(11)16/h4-8,13H,2-3,17H2,1H3. The van der Waals surface area contributed by atoms with Crippen LogP contribution in [0.2, 0.25) is 8.67 Å². The van der Waals surface area contributed by atoms with Crippen molar-refractivity contribution >= 4 is 34.5 Å². The predicted octanol–water partition coefficient (Wildman–Crippen LogP) is 5.06. The first-order chi connectivity index (χ1) is 8.61. The Hall–Kier alpha value is -0.540. The van der Waals surface area contributed by atoms with Crippen molar-refractivity contribution in [3.05, 3.63) is 55.7 Å². The number of hydrogen-bond donors (Lipinski definition) is 1. The van der Waals surface area contributed by atoms with Gasteiger partial charge in [-0.3, -0.25) is 0 Å². The highest BCUT2D eigenvalue weighted by atomic mass is 35.5. The van der Waals surface area contributed by atoms with E-state index in [4.69, 9.17) is 28.9 Å². The van der Waals surface area contributed by atoms with Gasteiger partial charge < -0.3 is 5.73 Å². The SMILES string of the molecule is CCCc1ccc(C(N)c2cc(Cl)sc2Cl)cc1. The highest BCUT2D eigenvalue weighted by molar-refractivity contribution is 7.20. The van der Waals surface area contributed by atoms with Crippen molar-refractivity contribution in [3.8, 4) is 0 Å². The lowest BCUT2D eigenvalue weighted by Gasteiger charge is -2.12. The van der Waals surface area contributed by atoms with Crippen LogP contribution in [0.5, 0.6) is 0 Å². The first kappa shape index (κ1) is 13.9. The highest BCUT2D eigenvalue weighted by Gasteiger charge is 2.15. The molecule has 1 atom stereocenters. The molecule has 96 valence electrons. The lowest BCUT2D eigenvalue weighted by molar-refractivity contribution is 0.870. The molecule has 0 aliphatic carbocycles. The summed E-state index contributed by atoms with van der Waals surface area (Å²) in [6.07, 6.45) is 2.25. The maximum absolute atomic E-state index is 6.22. The molecule has 0 aliphatic rings. The van der Waals surface area contributed by atoms with Crippen molar-refractivity contribution in [1.82, 2.24) is 0 Å². The van der Waals surface area contributed by atoms with E-state index in [1.165, 1.54) is 16.9 Å². The Morgan fingerprint density at radius 1 is 1.22 bits per heavy atom. The Morgan fingerprint density at radius 3 is 2.39 bits per heavy atom. The average molecular weight is 300 g/mol. The van der Waals surface area contributed by atoms with Crippen LogP contribution in [0, 0.1) is 0 Å². The third-order valence-corrected chi connectivity index (χ3v) is 4.41. The molecule has 0 amide bonds. The van der Waals surface area contributed by atoms with Gasteiger partial charge in [0, 0.05) is 5.56 Å². The fraction of sp³-hybridized carbons (Fsp3) is 0.286. The van der Waals surface area contributed by atoms with Crippen molar-refractivity contribution in [1.29, 1.82) is 0 Å². The molecule has 2 N–H and O–H groups in total. The van der Waals surface area contributed by atoms with Crippen molar-refractivity contribution < 1.29 is 0 Å². The fourth-order valence-corrected chi connectivity index (χ4v) is 3.47. The van der Waals surface area contributed by atoms with E-state index in [9.17, 15) is 0 Å². The van der Waals surface area contributed by atoms with Crippen LogP contribution in [0.3, 0.4) is 0 Å². The van der Waals surface area contributed by atoms with Crippen LogP contribution in [0.15, 0.2) is 30.3 Å². The Morgan fingerprint density at radius 2 is 1.89 bits per heavy atom. The van der Waals surface area contributed by atoms with Gasteiger partial charge in [-0.25, -0.2) is 0 Å². The zero-order chi connectivity index (χ0) is 13.1. The number of nitrogens with two attached hydrogens (primary N) is 1. The van der Waals surface area contributed by atoms with E-state index in [1.807, 2.05) is 6.07 Å². The molecule has 0 aliphatic heterocycles. The molecule has 1 unspecified atom stereocenters. The monoisotopic (exact) mass is 299 g/mol. The van der Waals surface area contributed by atoms with Crippen LogP contribution in [0.25, 0.3) is 0 Å². The summed E-state index contributed by atoms with van der Waals surface area (Å²) in [5, 5.41) is 0. The Kier molecular flexibility index (Phi) is 4.68. The molecule has 1 nitrogen and oxygen atoms in total. The largest absolute Gasteiger partial charge is 0.320 e. The van der Waals surface area contributed by atoms with E-state index in [-0.39, 0.29) is 6.04 Å². The van der Waals surface area contributed by atoms with Gasteiger partial charge in [-0.1, -0.05) is 60.8 Å². The van der Waals surface area contributed by atoms with Crippen LogP contribution in [0.4, 0.5) is 0 Å². The molecule has 0 saturated heterocycles. The lowest BCUT2D eigenvalue weighted by Crippen LogP contribution is -2.11. The average Bonchev–Trinajstić information content (AvgIpc) is 2.69. The summed E-state index contributed by atoms with van der Waals surface area (Å²) in [7, 11) is 0. The first-order valence-electron chi connectivity index (χ1n) is 5.91. The highest BCUT2D eigenvalue weighted by Crippen LogP contribution is 2.36. The van der Waals surface area contributed by atoms with Crippen LogP contribution >= 0.6 is 34.5 Å². The topological polar surface area (TPSA) is 26.0 Å². The number of aryl methyl sites for hydroxylation is 1. The third kappa shape index (κ3) is 3.07. The summed E-state index contributed by atoms with van der Waals surface area (Å²) in [5.41, 5.74) is 9.51. The normalized spacial score (nSPS) is 12.7. The minimum Gasteiger partial charge on any atom is -0.320 e. The van der Waals surface area contributed by atoms with Gasteiger partial charge in [0.25, 0.3) is 0 Å². The Balaban J connectivity index is 2.23. The fourth-order valence-electron chi connectivity index (χ4n) is 1.92. The van der Waals surface area contributed by atoms with Crippen molar-refractivity contribution in [3.63, 3.8) is 0 Å². The van der Waals surface area contributed by atoms with Gasteiger partial charge >= 0.3 is 0 Å². The van der Waals surface area contributed by atoms with Gasteiger partial charge in [0.15, 0.2) is 0 Å². The molecule has 0 radical (unpaired) electrons. The van der Waals surface area contributed by atoms with Crippen LogP contribution in [-0.4, -0.2) is 0 Å². The van der Waals surface area contributed by atoms with E-state index in [1.54, 1.807) is 0 Å². The summed E-state index contributed by atoms with van der Waals surface area (Å²) >= 11 is 13.4. The van der Waals surface area contributed by atoms with Crippen LogP contribution in [0.1, 0.15) is 36.1 Å². The van der Waals surface area contributed by atoms with Crippen LogP contribution < -0.4 is 5.73 Å². The minimum absolute atomic E-state index is 0.211. The lowest BCUT2D eigenvalue weighted by atomic mass is 10.00. The molecule has 0 fully saturated rings. The number of thiophene rings is 1. The molecule has 1 aromatic carbocycles. The van der Waals surface area contributed by atoms with Crippen molar-refractivity contribution in [2.24, 2.45) is 5.73 Å². The zero-order valence-electron chi connectivity index (χ0n) is 10.1. The van der Waals surface area contributed by atoms with E-state index in [0.717, 1.165) is 24.0 Å². The zero-order valence-corrected chi connectivity index (χ0v) is 12.4. The van der Waals surface area contributed by atoms with Gasteiger partial charge in [0.1, 0.15) is 0 Å². The molecule has 1 heterocycles. The summed E-state index contributed by atoms with van der Waals surface area (Å²) in [5.74, 6) is 0. The van der Waals surface area contributed by atoms with Gasteiger partial charge in [0.05, 0.1) is 14.7 Å². The number of halogens is 2. The van der Waals surface area contributed by atoms with Crippen LogP contribution in [-0.2, 0) is 6.42 Å². The molecule has 4 heteroatoms. The van der Waals surface area contributed by atoms with Gasteiger partial charge in [-0.15, -0.1) is 11.3 Å². The summed E-state index contributed by atoms with van der Waals surface area (Å²) in [6.45, 7) is 2.17. The third-order valence-electron chi connectivity index (χ3n) is 2.90. The molecule has 18 heavy (non-hydrogen) atoms. The summed E-state index contributed by atoms with van der Waals surface area (Å²) in [4.78, 5) is 0. The number of hydrogen-bond acceptors (Lipinski definition) is 2. The minimum atomic E-state index is -0.211. The molecule has 0 spiro atoms. The maximum atomic E-state index is 6.22. The molecular weight excluding hydrogens is 285 g/mol. The molecule has 0 bridgehead atoms. The predicted molar refractivity (Wildman–Crippen MR) is 80.8 cm³/mol. The summed E-state index contributed by atoms with van der Waals surface area (Å²) in [6, 6.07) is 10.0. The summed E-state index contributed by atoms with van der Waals surface area (Å²) < 4.78 is 1.35. The second kappa shape index (κ2) is 6.07. The van der Waals surface area contributed by atoms with E-state index in [0.29, 0.717) is 8.67 Å². The molecule has 2 aromatic rings. The van der Waals surface area contributed by atoms with E-state index >= 15 is 0 Å². The Labute approximate surface area is 122 Å². The van der Waals surface area contributed by atoms with E-state index in [2.05, 4.69) is 31.2 Å². The molecular formula is C14H15Cl2NS. The Bertz CT molecular complexity index is 519. The van der Waals surface area contributed by atoms with Gasteiger partial charge in [-0.05, 0) is 23.6 Å². The quantitative estimate of drug-likeness (QED) is 0.839. The second-order valence-corrected chi connectivity index (χ2v) is 6.53. The second-order valence-electron chi connectivity index (χ2n) is 4.25. The van der Waals surface area contributed by atoms with Crippen molar-refractivity contribution in [2.75, 3.05) is 0 Å². The molecule has 0 saturated carbocycles. The molecule has 2 rings (SSSR count). The van der Waals surface area contributed by atoms with Crippen molar-refractivity contribution in [2.45, 2.75) is 25.8 Å². The first-order valence-corrected chi connectivity index (χ1v) is 7.48. The smallest absolute Gasteiger partial charge is 0.0995 e. The van der Waals surface area contributed by atoms with E-state index < -0.39 is 0 Å². The maximum Gasteiger partial charge on any atom is 0.0995 e. The number of benzene rings is 1. The number of rotatable bonds is 4. The van der Waals surface area contributed by atoms with Gasteiger partial charge in [0.2, 0.25) is 0 Å². The van der Waals surface area contributed by atoms with Gasteiger partial charge in [-0.2, -0.15) is 0 Å².